The van der Waals surface area contributed by atoms with Gasteiger partial charge in [0.2, 0.25) is 0 Å². The number of aryl methyl sites for hydroxylation is 2. The number of rotatable bonds is 6. The average molecular weight is 632 g/mol. The van der Waals surface area contributed by atoms with Gasteiger partial charge in [0, 0.05) is 0 Å². The van der Waals surface area contributed by atoms with E-state index >= 15 is 0 Å². The van der Waals surface area contributed by atoms with E-state index in [1.807, 2.05) is 0 Å². The molecule has 0 heterocycles. The van der Waals surface area contributed by atoms with Gasteiger partial charge in [0.15, 0.2) is 0 Å². The Morgan fingerprint density at radius 2 is 1.21 bits per heavy atom. The SMILES string of the molecule is Cl.Cl.[CH2]=[Ti]([C]1=CC=CC1)([c]1ccc(C)cc1)([c]1ccc(C)cc1)[c]1cc(C(C)C)cc2c1Cc1ccc(C(C)C)cc1-2. The van der Waals surface area contributed by atoms with Crippen LogP contribution in [0.15, 0.2) is 101 Å². The molecule has 0 fully saturated rings. The molecule has 2 aliphatic carbocycles. The normalized spacial score (nSPS) is 13.9. The summed E-state index contributed by atoms with van der Waals surface area (Å²) < 4.78 is 5.88. The summed E-state index contributed by atoms with van der Waals surface area (Å²) in [6, 6.07) is 31.1. The van der Waals surface area contributed by atoms with Crippen molar-refractivity contribution >= 4 is 41.2 Å². The summed E-state index contributed by atoms with van der Waals surface area (Å²) in [6.45, 7) is 13.7. The van der Waals surface area contributed by atoms with E-state index in [0.717, 1.165) is 12.8 Å². The summed E-state index contributed by atoms with van der Waals surface area (Å²) in [5.74, 6) is 0.936. The van der Waals surface area contributed by atoms with Crippen molar-refractivity contribution in [3.63, 3.8) is 0 Å². The zero-order valence-electron chi connectivity index (χ0n) is 25.8. The Morgan fingerprint density at radius 3 is 1.71 bits per heavy atom. The number of halogens is 2. The van der Waals surface area contributed by atoms with E-state index in [2.05, 4.69) is 139 Å². The molecule has 4 aromatic rings. The molecule has 0 nitrogen and oxygen atoms in total. The predicted octanol–water partition coefficient (Wildman–Crippen LogP) is 9.21. The quantitative estimate of drug-likeness (QED) is 0.164. The second kappa shape index (κ2) is 11.9. The van der Waals surface area contributed by atoms with Crippen molar-refractivity contribution in [3.8, 4) is 11.1 Å². The second-order valence-corrected chi connectivity index (χ2v) is 21.2. The molecule has 4 aromatic carbocycles. The fourth-order valence-electron chi connectivity index (χ4n) is 7.22. The van der Waals surface area contributed by atoms with Gasteiger partial charge >= 0.3 is 243 Å². The van der Waals surface area contributed by atoms with Crippen LogP contribution in [0.2, 0.25) is 0 Å². The number of hydrogen-bond acceptors (Lipinski definition) is 0. The molecule has 0 saturated heterocycles. The summed E-state index contributed by atoms with van der Waals surface area (Å²) in [5.41, 5.74) is 11.2. The molecule has 218 valence electrons. The third-order valence-corrected chi connectivity index (χ3v) is 20.2. The maximum absolute atomic E-state index is 5.62. The molecule has 0 amide bonds. The predicted molar refractivity (Wildman–Crippen MR) is 188 cm³/mol. The van der Waals surface area contributed by atoms with Crippen LogP contribution in [0.1, 0.15) is 79.3 Å². The Hall–Kier alpha value is -2.48. The fraction of sp³-hybridized carbons (Fsp3) is 0.256. The first kappa shape index (κ1) is 32.4. The van der Waals surface area contributed by atoms with Crippen molar-refractivity contribution in [2.75, 3.05) is 0 Å². The topological polar surface area (TPSA) is 0 Å². The van der Waals surface area contributed by atoms with Crippen LogP contribution < -0.4 is 11.6 Å². The first-order chi connectivity index (χ1) is 19.1. The van der Waals surface area contributed by atoms with E-state index in [0.29, 0.717) is 11.8 Å². The third-order valence-electron chi connectivity index (χ3n) is 9.85. The van der Waals surface area contributed by atoms with Crippen LogP contribution in [0.5, 0.6) is 0 Å². The van der Waals surface area contributed by atoms with Gasteiger partial charge in [0.05, 0.1) is 0 Å². The van der Waals surface area contributed by atoms with E-state index in [4.69, 9.17) is 4.82 Å². The van der Waals surface area contributed by atoms with Crippen LogP contribution in [-0.4, -0.2) is 4.82 Å². The van der Waals surface area contributed by atoms with Crippen LogP contribution in [0.25, 0.3) is 11.1 Å². The number of fused-ring (bicyclic) bond motifs is 3. The number of allylic oxidation sites excluding steroid dienone is 4. The summed E-state index contributed by atoms with van der Waals surface area (Å²) in [6.07, 6.45) is 8.96. The first-order valence-corrected chi connectivity index (χ1v) is 19.2. The van der Waals surface area contributed by atoms with Gasteiger partial charge in [-0.1, -0.05) is 0 Å². The molecule has 0 aliphatic heterocycles. The van der Waals surface area contributed by atoms with E-state index in [1.54, 1.807) is 0 Å². The van der Waals surface area contributed by atoms with Crippen LogP contribution >= 0.6 is 24.8 Å². The Morgan fingerprint density at radius 1 is 0.667 bits per heavy atom. The molecule has 42 heavy (non-hydrogen) atoms. The van der Waals surface area contributed by atoms with Gasteiger partial charge in [0.25, 0.3) is 0 Å². The Bertz CT molecular complexity index is 1700. The molecule has 2 aliphatic rings. The minimum absolute atomic E-state index is 0. The molecular formula is C39H44Cl2Ti. The van der Waals surface area contributed by atoms with Gasteiger partial charge in [0.1, 0.15) is 0 Å². The van der Waals surface area contributed by atoms with Gasteiger partial charge in [-0.3, -0.25) is 0 Å². The molecular weight excluding hydrogens is 587 g/mol. The van der Waals surface area contributed by atoms with Crippen molar-refractivity contribution in [1.29, 1.82) is 0 Å². The van der Waals surface area contributed by atoms with Crippen LogP contribution in [-0.2, 0) is 21.3 Å². The average Bonchev–Trinajstić information content (AvgIpc) is 3.61. The molecule has 3 heteroatoms. The van der Waals surface area contributed by atoms with E-state index < -0.39 is 14.8 Å². The number of benzene rings is 4. The maximum atomic E-state index is 5.62. The van der Waals surface area contributed by atoms with Gasteiger partial charge in [-0.05, 0) is 0 Å². The zero-order valence-corrected chi connectivity index (χ0v) is 29.0. The van der Waals surface area contributed by atoms with Crippen LogP contribution in [0.4, 0.5) is 0 Å². The Balaban J connectivity index is 0.00000202. The Kier molecular flexibility index (Phi) is 9.19. The standard InChI is InChI=1S/C19H21.2C7H7.C5H5.CH2.2ClH.Ti/c1-12(2)14-5-7-16-9-17-8-6-15(13(3)4)11-19(17)18(16)10-14;2*1-7-5-3-2-4-6-7;1-2-4-5-3-1;;;;/h5-7,10-13H,9H2,1-4H3;2*3-6H,1H3;1-3H,4H2;1H2;2*1H;. The zero-order chi connectivity index (χ0) is 28.3. The molecule has 0 N–H and O–H groups in total. The molecule has 0 spiro atoms. The van der Waals surface area contributed by atoms with Crippen molar-refractivity contribution in [3.05, 3.63) is 134 Å². The summed E-state index contributed by atoms with van der Waals surface area (Å²) in [7, 11) is 0. The van der Waals surface area contributed by atoms with Crippen LogP contribution in [0, 0.1) is 13.8 Å². The summed E-state index contributed by atoms with van der Waals surface area (Å²) in [5, 5.41) is 0. The molecule has 0 aromatic heterocycles. The molecule has 0 unspecified atom stereocenters. The van der Waals surface area contributed by atoms with Gasteiger partial charge < -0.3 is 0 Å². The van der Waals surface area contributed by atoms with Crippen molar-refractivity contribution in [1.82, 2.24) is 0 Å². The monoisotopic (exact) mass is 630 g/mol. The van der Waals surface area contributed by atoms with Gasteiger partial charge in [-0.2, -0.15) is 0 Å². The molecule has 0 atom stereocenters. The molecule has 6 rings (SSSR count). The van der Waals surface area contributed by atoms with Crippen molar-refractivity contribution in [2.45, 2.75) is 66.2 Å². The fourth-order valence-corrected chi connectivity index (χ4v) is 17.0. The summed E-state index contributed by atoms with van der Waals surface area (Å²) in [4.78, 5) is 5.62. The van der Waals surface area contributed by atoms with Crippen LogP contribution in [0.3, 0.4) is 0 Å². The Labute approximate surface area is 266 Å². The first-order valence-electron chi connectivity index (χ1n) is 15.0. The van der Waals surface area contributed by atoms with E-state index in [9.17, 15) is 0 Å². The molecule has 0 bridgehead atoms. The molecule has 0 radical (unpaired) electrons. The van der Waals surface area contributed by atoms with Crippen molar-refractivity contribution < 1.29 is 14.8 Å². The number of hydrogen-bond donors (Lipinski definition) is 0. The molecule has 0 saturated carbocycles. The van der Waals surface area contributed by atoms with Gasteiger partial charge in [-0.25, -0.2) is 0 Å². The minimum atomic E-state index is -4.36. The van der Waals surface area contributed by atoms with E-state index in [1.165, 1.54) is 60.0 Å². The van der Waals surface area contributed by atoms with E-state index in [-0.39, 0.29) is 24.8 Å². The van der Waals surface area contributed by atoms with Gasteiger partial charge in [-0.15, -0.1) is 24.8 Å². The summed E-state index contributed by atoms with van der Waals surface area (Å²) >= 11 is -4.36. The third kappa shape index (κ3) is 4.86. The van der Waals surface area contributed by atoms with Crippen molar-refractivity contribution in [2.24, 2.45) is 0 Å². The second-order valence-electron chi connectivity index (χ2n) is 13.0.